The predicted octanol–water partition coefficient (Wildman–Crippen LogP) is 1.12. The molecule has 0 saturated carbocycles. The van der Waals surface area contributed by atoms with E-state index in [9.17, 15) is 0 Å². The van der Waals surface area contributed by atoms with Crippen molar-refractivity contribution in [1.29, 1.82) is 0 Å². The van der Waals surface area contributed by atoms with E-state index in [0.717, 1.165) is 17.1 Å². The lowest BCUT2D eigenvalue weighted by molar-refractivity contribution is 0.913. The van der Waals surface area contributed by atoms with Gasteiger partial charge in [-0.05, 0) is 13.0 Å². The zero-order valence-electron chi connectivity index (χ0n) is 7.07. The van der Waals surface area contributed by atoms with Crippen LogP contribution in [0.3, 0.4) is 0 Å². The van der Waals surface area contributed by atoms with Crippen LogP contribution in [0.2, 0.25) is 0 Å². The van der Waals surface area contributed by atoms with E-state index in [2.05, 4.69) is 15.2 Å². The molecule has 62 valence electrons. The van der Waals surface area contributed by atoms with Crippen LogP contribution in [-0.4, -0.2) is 19.7 Å². The van der Waals surface area contributed by atoms with Crippen LogP contribution in [0.4, 0.5) is 0 Å². The average Bonchev–Trinajstić information content (AvgIpc) is 2.61. The number of hydrogen-bond donors (Lipinski definition) is 1. The van der Waals surface area contributed by atoms with Crippen molar-refractivity contribution in [3.8, 4) is 11.4 Å². The third-order valence-corrected chi connectivity index (χ3v) is 1.88. The molecule has 0 aliphatic carbocycles. The molecule has 4 heteroatoms. The lowest BCUT2D eigenvalue weighted by Gasteiger charge is -1.98. The normalized spacial score (nSPS) is 10.5. The number of aromatic amines is 1. The van der Waals surface area contributed by atoms with Gasteiger partial charge in [0.05, 0.1) is 23.4 Å². The molecule has 0 radical (unpaired) electrons. The highest BCUT2D eigenvalue weighted by Gasteiger charge is 2.07. The molecule has 0 spiro atoms. The first kappa shape index (κ1) is 7.09. The maximum Gasteiger partial charge on any atom is 0.0952 e. The molecule has 0 aromatic carbocycles. The van der Waals surface area contributed by atoms with E-state index in [4.69, 9.17) is 0 Å². The summed E-state index contributed by atoms with van der Waals surface area (Å²) in [5.74, 6) is 0. The first-order valence-electron chi connectivity index (χ1n) is 3.76. The van der Waals surface area contributed by atoms with Crippen LogP contribution in [0, 0.1) is 6.92 Å². The number of H-pyrrole nitrogens is 1. The van der Waals surface area contributed by atoms with E-state index >= 15 is 0 Å². The van der Waals surface area contributed by atoms with Gasteiger partial charge in [-0.25, -0.2) is 4.98 Å². The molecule has 1 N–H and O–H groups in total. The van der Waals surface area contributed by atoms with Gasteiger partial charge in [0.15, 0.2) is 0 Å². The van der Waals surface area contributed by atoms with Gasteiger partial charge in [-0.2, -0.15) is 5.10 Å². The van der Waals surface area contributed by atoms with Crippen molar-refractivity contribution in [2.45, 2.75) is 6.92 Å². The van der Waals surface area contributed by atoms with E-state index in [0.29, 0.717) is 0 Å². The molecule has 12 heavy (non-hydrogen) atoms. The number of nitrogens with one attached hydrogen (secondary N) is 1. The molecule has 4 nitrogen and oxygen atoms in total. The van der Waals surface area contributed by atoms with Crippen molar-refractivity contribution in [3.63, 3.8) is 0 Å². The van der Waals surface area contributed by atoms with Gasteiger partial charge in [-0.15, -0.1) is 0 Å². The molecule has 0 bridgehead atoms. The van der Waals surface area contributed by atoms with Gasteiger partial charge in [0.1, 0.15) is 0 Å². The lowest BCUT2D eigenvalue weighted by atomic mass is 10.2. The Balaban J connectivity index is 2.60. The van der Waals surface area contributed by atoms with Gasteiger partial charge in [-0.3, -0.25) is 5.10 Å². The lowest BCUT2D eigenvalue weighted by Crippen LogP contribution is -1.91. The second-order valence-corrected chi connectivity index (χ2v) is 2.76. The van der Waals surface area contributed by atoms with Gasteiger partial charge in [0.25, 0.3) is 0 Å². The summed E-state index contributed by atoms with van der Waals surface area (Å²) in [5, 5.41) is 6.80. The summed E-state index contributed by atoms with van der Waals surface area (Å²) in [6.45, 7) is 1.98. The minimum Gasteiger partial charge on any atom is -0.332 e. The Bertz CT molecular complexity index is 352. The van der Waals surface area contributed by atoms with E-state index in [1.807, 2.05) is 24.6 Å². The summed E-state index contributed by atoms with van der Waals surface area (Å²) in [5.41, 5.74) is 3.11. The maximum absolute atomic E-state index is 4.19. The van der Waals surface area contributed by atoms with Crippen LogP contribution < -0.4 is 0 Å². The van der Waals surface area contributed by atoms with Crippen molar-refractivity contribution < 1.29 is 0 Å². The van der Waals surface area contributed by atoms with Crippen molar-refractivity contribution >= 4 is 0 Å². The van der Waals surface area contributed by atoms with E-state index in [-0.39, 0.29) is 0 Å². The van der Waals surface area contributed by atoms with Crippen LogP contribution in [0.25, 0.3) is 11.4 Å². The van der Waals surface area contributed by atoms with Crippen molar-refractivity contribution in [2.75, 3.05) is 0 Å². The second kappa shape index (κ2) is 2.48. The van der Waals surface area contributed by atoms with Gasteiger partial charge in [-0.1, -0.05) is 0 Å². The quantitative estimate of drug-likeness (QED) is 0.683. The summed E-state index contributed by atoms with van der Waals surface area (Å²) in [6.07, 6.45) is 3.54. The Labute approximate surface area is 70.3 Å². The molecule has 0 atom stereocenters. The van der Waals surface area contributed by atoms with Crippen LogP contribution >= 0.6 is 0 Å². The monoisotopic (exact) mass is 162 g/mol. The van der Waals surface area contributed by atoms with E-state index < -0.39 is 0 Å². The summed E-state index contributed by atoms with van der Waals surface area (Å²) < 4.78 is 1.98. The molecular weight excluding hydrogens is 152 g/mol. The molecule has 0 saturated heterocycles. The zero-order chi connectivity index (χ0) is 8.55. The van der Waals surface area contributed by atoms with Gasteiger partial charge < -0.3 is 4.57 Å². The Hall–Kier alpha value is -1.58. The molecule has 0 fully saturated rings. The standard InChI is InChI=1S/C8H10N4/c1-6-8(12(2)5-9-6)7-3-4-10-11-7/h3-5H,1-2H3,(H,10,11). The number of aromatic nitrogens is 4. The topological polar surface area (TPSA) is 46.5 Å². The van der Waals surface area contributed by atoms with Crippen LogP contribution in [0.5, 0.6) is 0 Å². The predicted molar refractivity (Wildman–Crippen MR) is 45.5 cm³/mol. The minimum atomic E-state index is 1.01. The number of imidazole rings is 1. The fourth-order valence-corrected chi connectivity index (χ4v) is 1.32. The molecule has 0 amide bonds. The van der Waals surface area contributed by atoms with Crippen molar-refractivity contribution in [3.05, 3.63) is 24.3 Å². The Morgan fingerprint density at radius 1 is 1.50 bits per heavy atom. The zero-order valence-corrected chi connectivity index (χ0v) is 7.07. The molecule has 0 aliphatic rings. The summed E-state index contributed by atoms with van der Waals surface area (Å²) in [4.78, 5) is 4.19. The highest BCUT2D eigenvalue weighted by Crippen LogP contribution is 2.18. The Morgan fingerprint density at radius 3 is 2.83 bits per heavy atom. The first-order valence-corrected chi connectivity index (χ1v) is 3.76. The summed E-state index contributed by atoms with van der Waals surface area (Å²) in [7, 11) is 1.97. The molecule has 2 aromatic rings. The fourth-order valence-electron chi connectivity index (χ4n) is 1.32. The molecule has 2 heterocycles. The third-order valence-electron chi connectivity index (χ3n) is 1.88. The Morgan fingerprint density at radius 2 is 2.33 bits per heavy atom. The van der Waals surface area contributed by atoms with E-state index in [1.54, 1.807) is 12.5 Å². The average molecular weight is 162 g/mol. The summed E-state index contributed by atoms with van der Waals surface area (Å²) >= 11 is 0. The Kier molecular flexibility index (Phi) is 1.46. The van der Waals surface area contributed by atoms with Gasteiger partial charge in [0, 0.05) is 13.2 Å². The number of aryl methyl sites for hydroxylation is 2. The number of nitrogens with zero attached hydrogens (tertiary/aromatic N) is 3. The SMILES string of the molecule is Cc1ncn(C)c1-c1ccn[nH]1. The van der Waals surface area contributed by atoms with Crippen LogP contribution in [0.1, 0.15) is 5.69 Å². The van der Waals surface area contributed by atoms with Crippen molar-refractivity contribution in [2.24, 2.45) is 7.05 Å². The first-order chi connectivity index (χ1) is 5.79. The smallest absolute Gasteiger partial charge is 0.0952 e. The number of hydrogen-bond acceptors (Lipinski definition) is 2. The minimum absolute atomic E-state index is 1.01. The van der Waals surface area contributed by atoms with Gasteiger partial charge >= 0.3 is 0 Å². The third kappa shape index (κ3) is 0.922. The highest BCUT2D eigenvalue weighted by atomic mass is 15.1. The second-order valence-electron chi connectivity index (χ2n) is 2.76. The fraction of sp³-hybridized carbons (Fsp3) is 0.250. The summed E-state index contributed by atoms with van der Waals surface area (Å²) in [6, 6.07) is 1.93. The van der Waals surface area contributed by atoms with Crippen LogP contribution in [0.15, 0.2) is 18.6 Å². The molecule has 2 rings (SSSR count). The maximum atomic E-state index is 4.19. The molecule has 2 aromatic heterocycles. The van der Waals surface area contributed by atoms with Crippen molar-refractivity contribution in [1.82, 2.24) is 19.7 Å². The molecule has 0 unspecified atom stereocenters. The number of rotatable bonds is 1. The largest absolute Gasteiger partial charge is 0.332 e. The van der Waals surface area contributed by atoms with Gasteiger partial charge in [0.2, 0.25) is 0 Å². The molecule has 0 aliphatic heterocycles. The highest BCUT2D eigenvalue weighted by molar-refractivity contribution is 5.56. The molecular formula is C8H10N4. The van der Waals surface area contributed by atoms with Crippen LogP contribution in [-0.2, 0) is 7.05 Å². The van der Waals surface area contributed by atoms with E-state index in [1.165, 1.54) is 0 Å².